The molecule has 0 aromatic heterocycles. The van der Waals surface area contributed by atoms with E-state index < -0.39 is 0 Å². The second-order valence-corrected chi connectivity index (χ2v) is 5.39. The quantitative estimate of drug-likeness (QED) is 0.683. The maximum atomic E-state index is 4.59. The van der Waals surface area contributed by atoms with Crippen LogP contribution in [0.3, 0.4) is 0 Å². The first-order chi connectivity index (χ1) is 7.86. The fourth-order valence-corrected chi connectivity index (χ4v) is 3.49. The van der Waals surface area contributed by atoms with Crippen molar-refractivity contribution in [3.63, 3.8) is 0 Å². The van der Waals surface area contributed by atoms with Crippen LogP contribution in [0, 0.1) is 0 Å². The lowest BCUT2D eigenvalue weighted by atomic mass is 9.94. The third kappa shape index (κ3) is 1.63. The molecule has 2 aliphatic rings. The largest absolute Gasteiger partial charge is 0.344 e. The SMILES string of the molecule is CC1c2ccccc2CCN1C1=NCCS1. The molecule has 0 amide bonds. The van der Waals surface area contributed by atoms with E-state index in [0.29, 0.717) is 6.04 Å². The van der Waals surface area contributed by atoms with Gasteiger partial charge < -0.3 is 4.90 Å². The van der Waals surface area contributed by atoms with Gasteiger partial charge in [-0.2, -0.15) is 0 Å². The van der Waals surface area contributed by atoms with Crippen molar-refractivity contribution in [3.8, 4) is 0 Å². The molecule has 2 nitrogen and oxygen atoms in total. The van der Waals surface area contributed by atoms with Gasteiger partial charge in [-0.15, -0.1) is 0 Å². The van der Waals surface area contributed by atoms with Crippen LogP contribution < -0.4 is 0 Å². The average Bonchev–Trinajstić information content (AvgIpc) is 2.83. The van der Waals surface area contributed by atoms with Crippen molar-refractivity contribution in [1.29, 1.82) is 0 Å². The van der Waals surface area contributed by atoms with E-state index in [2.05, 4.69) is 41.1 Å². The summed E-state index contributed by atoms with van der Waals surface area (Å²) in [5.74, 6) is 1.15. The van der Waals surface area contributed by atoms with Crippen molar-refractivity contribution in [2.24, 2.45) is 4.99 Å². The summed E-state index contributed by atoms with van der Waals surface area (Å²) in [6.07, 6.45) is 1.15. The van der Waals surface area contributed by atoms with E-state index in [1.54, 1.807) is 0 Å². The van der Waals surface area contributed by atoms with E-state index in [1.165, 1.54) is 16.3 Å². The number of thioether (sulfide) groups is 1. The Morgan fingerprint density at radius 1 is 1.38 bits per heavy atom. The van der Waals surface area contributed by atoms with Crippen LogP contribution in [0.1, 0.15) is 24.1 Å². The summed E-state index contributed by atoms with van der Waals surface area (Å²) in [7, 11) is 0. The number of fused-ring (bicyclic) bond motifs is 1. The number of aliphatic imine (C=N–C) groups is 1. The molecule has 0 N–H and O–H groups in total. The Labute approximate surface area is 101 Å². The Hall–Kier alpha value is -0.960. The van der Waals surface area contributed by atoms with Gasteiger partial charge in [0.05, 0.1) is 12.6 Å². The number of nitrogens with zero attached hydrogens (tertiary/aromatic N) is 2. The average molecular weight is 232 g/mol. The molecule has 84 valence electrons. The zero-order valence-corrected chi connectivity index (χ0v) is 10.3. The van der Waals surface area contributed by atoms with Crippen LogP contribution in [0.15, 0.2) is 29.3 Å². The second-order valence-electron chi connectivity index (χ2n) is 4.33. The normalized spacial score (nSPS) is 24.2. The van der Waals surface area contributed by atoms with Crippen LogP contribution in [0.25, 0.3) is 0 Å². The van der Waals surface area contributed by atoms with E-state index >= 15 is 0 Å². The second kappa shape index (κ2) is 4.13. The molecule has 0 saturated carbocycles. The molecule has 2 aliphatic heterocycles. The Morgan fingerprint density at radius 3 is 3.06 bits per heavy atom. The highest BCUT2D eigenvalue weighted by atomic mass is 32.2. The number of hydrogen-bond acceptors (Lipinski definition) is 3. The lowest BCUT2D eigenvalue weighted by Crippen LogP contribution is -2.36. The highest BCUT2D eigenvalue weighted by Crippen LogP contribution is 2.32. The van der Waals surface area contributed by atoms with Crippen molar-refractivity contribution in [2.45, 2.75) is 19.4 Å². The Morgan fingerprint density at radius 2 is 2.25 bits per heavy atom. The topological polar surface area (TPSA) is 15.6 Å². The van der Waals surface area contributed by atoms with E-state index in [1.807, 2.05) is 11.8 Å². The Bertz CT molecular complexity index is 428. The standard InChI is InChI=1S/C13H16N2S/c1-10-12-5-3-2-4-11(12)6-8-15(10)13-14-7-9-16-13/h2-5,10H,6-9H2,1H3. The zero-order valence-electron chi connectivity index (χ0n) is 9.52. The van der Waals surface area contributed by atoms with Crippen LogP contribution in [0.5, 0.6) is 0 Å². The summed E-state index contributed by atoms with van der Waals surface area (Å²) in [5.41, 5.74) is 2.98. The predicted octanol–water partition coefficient (Wildman–Crippen LogP) is 2.71. The number of benzene rings is 1. The van der Waals surface area contributed by atoms with Crippen LogP contribution in [-0.2, 0) is 6.42 Å². The number of amidine groups is 1. The summed E-state index contributed by atoms with van der Waals surface area (Å²) in [6.45, 7) is 4.40. The first-order valence-corrected chi connectivity index (χ1v) is 6.86. The fraction of sp³-hybridized carbons (Fsp3) is 0.462. The van der Waals surface area contributed by atoms with Gasteiger partial charge in [-0.1, -0.05) is 36.0 Å². The van der Waals surface area contributed by atoms with Gasteiger partial charge in [0, 0.05) is 12.3 Å². The molecule has 16 heavy (non-hydrogen) atoms. The van der Waals surface area contributed by atoms with E-state index in [0.717, 1.165) is 25.3 Å². The van der Waals surface area contributed by atoms with Crippen LogP contribution >= 0.6 is 11.8 Å². The molecular weight excluding hydrogens is 216 g/mol. The molecule has 0 radical (unpaired) electrons. The molecule has 1 aromatic carbocycles. The highest BCUT2D eigenvalue weighted by Gasteiger charge is 2.27. The van der Waals surface area contributed by atoms with Gasteiger partial charge >= 0.3 is 0 Å². The smallest absolute Gasteiger partial charge is 0.159 e. The molecule has 0 bridgehead atoms. The predicted molar refractivity (Wildman–Crippen MR) is 70.0 cm³/mol. The molecular formula is C13H16N2S. The first-order valence-electron chi connectivity index (χ1n) is 5.88. The highest BCUT2D eigenvalue weighted by molar-refractivity contribution is 8.14. The maximum absolute atomic E-state index is 4.59. The third-order valence-electron chi connectivity index (χ3n) is 3.41. The lowest BCUT2D eigenvalue weighted by Gasteiger charge is -2.36. The number of rotatable bonds is 0. The molecule has 3 rings (SSSR count). The molecule has 1 atom stereocenters. The van der Waals surface area contributed by atoms with Gasteiger partial charge in [0.25, 0.3) is 0 Å². The number of hydrogen-bond donors (Lipinski definition) is 0. The van der Waals surface area contributed by atoms with Crippen molar-refractivity contribution in [1.82, 2.24) is 4.90 Å². The van der Waals surface area contributed by atoms with Gasteiger partial charge in [-0.25, -0.2) is 0 Å². The minimum Gasteiger partial charge on any atom is -0.344 e. The molecule has 1 aromatic rings. The molecule has 2 heterocycles. The van der Waals surface area contributed by atoms with Crippen LogP contribution in [-0.4, -0.2) is 28.9 Å². The summed E-state index contributed by atoms with van der Waals surface area (Å²) >= 11 is 1.90. The summed E-state index contributed by atoms with van der Waals surface area (Å²) in [6, 6.07) is 9.28. The third-order valence-corrected chi connectivity index (χ3v) is 4.42. The summed E-state index contributed by atoms with van der Waals surface area (Å²) < 4.78 is 0. The minimum atomic E-state index is 0.481. The van der Waals surface area contributed by atoms with Gasteiger partial charge in [0.2, 0.25) is 0 Å². The molecule has 0 fully saturated rings. The van der Waals surface area contributed by atoms with Crippen molar-refractivity contribution < 1.29 is 0 Å². The van der Waals surface area contributed by atoms with E-state index in [9.17, 15) is 0 Å². The Kier molecular flexibility index (Phi) is 2.64. The van der Waals surface area contributed by atoms with Crippen molar-refractivity contribution in [3.05, 3.63) is 35.4 Å². The van der Waals surface area contributed by atoms with E-state index in [-0.39, 0.29) is 0 Å². The monoisotopic (exact) mass is 232 g/mol. The zero-order chi connectivity index (χ0) is 11.0. The molecule has 0 aliphatic carbocycles. The first kappa shape index (κ1) is 10.2. The van der Waals surface area contributed by atoms with Crippen molar-refractivity contribution >= 4 is 16.9 Å². The Balaban J connectivity index is 1.91. The minimum absolute atomic E-state index is 0.481. The van der Waals surface area contributed by atoms with Crippen LogP contribution in [0.2, 0.25) is 0 Å². The van der Waals surface area contributed by atoms with E-state index in [4.69, 9.17) is 0 Å². The summed E-state index contributed by atoms with van der Waals surface area (Å²) in [4.78, 5) is 7.05. The van der Waals surface area contributed by atoms with Gasteiger partial charge in [0.15, 0.2) is 5.17 Å². The molecule has 0 saturated heterocycles. The molecule has 0 spiro atoms. The maximum Gasteiger partial charge on any atom is 0.159 e. The fourth-order valence-electron chi connectivity index (χ4n) is 2.53. The summed E-state index contributed by atoms with van der Waals surface area (Å²) in [5, 5.41) is 1.25. The van der Waals surface area contributed by atoms with Gasteiger partial charge in [-0.05, 0) is 24.5 Å². The molecule has 1 unspecified atom stereocenters. The lowest BCUT2D eigenvalue weighted by molar-refractivity contribution is 0.325. The molecule has 3 heteroatoms. The van der Waals surface area contributed by atoms with Gasteiger partial charge in [0.1, 0.15) is 0 Å². The van der Waals surface area contributed by atoms with Gasteiger partial charge in [-0.3, -0.25) is 4.99 Å². The van der Waals surface area contributed by atoms with Crippen LogP contribution in [0.4, 0.5) is 0 Å². The van der Waals surface area contributed by atoms with Crippen molar-refractivity contribution in [2.75, 3.05) is 18.8 Å².